The van der Waals surface area contributed by atoms with Crippen LogP contribution in [0, 0.1) is 6.92 Å². The number of carbonyl (C=O) groups is 2. The molecule has 0 unspecified atom stereocenters. The Morgan fingerprint density at radius 1 is 1.26 bits per heavy atom. The van der Waals surface area contributed by atoms with Gasteiger partial charge in [0.05, 0.1) is 28.3 Å². The second kappa shape index (κ2) is 10.4. The molecule has 1 saturated heterocycles. The van der Waals surface area contributed by atoms with Gasteiger partial charge in [-0.1, -0.05) is 58.7 Å². The molecule has 3 aromatic rings. The zero-order valence-electron chi connectivity index (χ0n) is 18.3. The lowest BCUT2D eigenvalue weighted by Crippen LogP contribution is -2.53. The number of hydrogen-bond donors (Lipinski definition) is 2. The molecule has 0 spiro atoms. The van der Waals surface area contributed by atoms with Crippen molar-refractivity contribution in [1.29, 1.82) is 0 Å². The van der Waals surface area contributed by atoms with E-state index in [0.717, 1.165) is 5.56 Å². The lowest BCUT2D eigenvalue weighted by molar-refractivity contribution is 0.0665. The highest BCUT2D eigenvalue weighted by Gasteiger charge is 2.36. The Kier molecular flexibility index (Phi) is 7.38. The Balaban J connectivity index is 1.49. The van der Waals surface area contributed by atoms with Crippen LogP contribution in [0.2, 0.25) is 10.0 Å². The van der Waals surface area contributed by atoms with Crippen LogP contribution in [0.5, 0.6) is 0 Å². The summed E-state index contributed by atoms with van der Waals surface area (Å²) in [7, 11) is 0. The van der Waals surface area contributed by atoms with Crippen molar-refractivity contribution in [3.63, 3.8) is 0 Å². The number of aromatic nitrogens is 4. The Hall–Kier alpha value is -3.11. The predicted molar refractivity (Wildman–Crippen MR) is 123 cm³/mol. The summed E-state index contributed by atoms with van der Waals surface area (Å²) in [6, 6.07) is 8.42. The van der Waals surface area contributed by atoms with Crippen LogP contribution in [0.1, 0.15) is 39.9 Å². The number of halogens is 3. The summed E-state index contributed by atoms with van der Waals surface area (Å²) in [6.45, 7) is 1.61. The van der Waals surface area contributed by atoms with Gasteiger partial charge in [-0.25, -0.2) is 13.9 Å². The normalized spacial score (nSPS) is 18.1. The number of H-pyrrole nitrogens is 1. The van der Waals surface area contributed by atoms with Crippen LogP contribution < -0.4 is 5.32 Å². The van der Waals surface area contributed by atoms with Gasteiger partial charge < -0.3 is 19.9 Å². The molecule has 2 aromatic heterocycles. The van der Waals surface area contributed by atoms with E-state index in [9.17, 15) is 14.0 Å². The van der Waals surface area contributed by atoms with Crippen molar-refractivity contribution in [2.45, 2.75) is 38.7 Å². The molecule has 0 radical (unpaired) electrons. The fraction of sp³-hybridized carbons (Fsp3) is 0.364. The molecule has 34 heavy (non-hydrogen) atoms. The maximum Gasteiger partial charge on any atom is 0.410 e. The van der Waals surface area contributed by atoms with Gasteiger partial charge in [0, 0.05) is 18.8 Å². The summed E-state index contributed by atoms with van der Waals surface area (Å²) in [5.74, 6) is -0.444. The van der Waals surface area contributed by atoms with Gasteiger partial charge in [0.2, 0.25) is 0 Å². The molecule has 2 amide bonds. The number of amides is 2. The summed E-state index contributed by atoms with van der Waals surface area (Å²) < 4.78 is 20.0. The molecule has 1 aliphatic rings. The van der Waals surface area contributed by atoms with Gasteiger partial charge in [0.15, 0.2) is 0 Å². The van der Waals surface area contributed by atoms with Crippen LogP contribution >= 0.6 is 23.2 Å². The molecule has 2 atom stereocenters. The van der Waals surface area contributed by atoms with Gasteiger partial charge in [0.25, 0.3) is 5.91 Å². The van der Waals surface area contributed by atoms with E-state index in [1.807, 2.05) is 30.3 Å². The SMILES string of the molecule is Cc1[nH]c(C(=O)N[C@@H]2CCN(C(=O)OCc3ccccc3)C[C@@H]2n2cc(CF)nn2)c(Cl)c1Cl. The predicted octanol–water partition coefficient (Wildman–Crippen LogP) is 4.07. The largest absolute Gasteiger partial charge is 0.445 e. The summed E-state index contributed by atoms with van der Waals surface area (Å²) in [6.07, 6.45) is 1.39. The highest BCUT2D eigenvalue weighted by Crippen LogP contribution is 2.30. The zero-order chi connectivity index (χ0) is 24.2. The van der Waals surface area contributed by atoms with Crippen molar-refractivity contribution in [3.8, 4) is 0 Å². The van der Waals surface area contributed by atoms with Crippen molar-refractivity contribution in [2.75, 3.05) is 13.1 Å². The molecular formula is C22H23Cl2FN6O3. The number of rotatable bonds is 6. The fourth-order valence-corrected chi connectivity index (χ4v) is 4.27. The van der Waals surface area contributed by atoms with Crippen LogP contribution in [0.15, 0.2) is 36.5 Å². The van der Waals surface area contributed by atoms with E-state index >= 15 is 0 Å². The number of ether oxygens (including phenoxy) is 1. The van der Waals surface area contributed by atoms with Crippen molar-refractivity contribution in [1.82, 2.24) is 30.2 Å². The van der Waals surface area contributed by atoms with Crippen LogP contribution in [0.4, 0.5) is 9.18 Å². The molecule has 1 aromatic carbocycles. The molecule has 1 aliphatic heterocycles. The van der Waals surface area contributed by atoms with Gasteiger partial charge in [-0.3, -0.25) is 4.79 Å². The minimum Gasteiger partial charge on any atom is -0.445 e. The third-order valence-electron chi connectivity index (χ3n) is 5.68. The maximum atomic E-state index is 13.1. The van der Waals surface area contributed by atoms with Gasteiger partial charge >= 0.3 is 6.09 Å². The number of aromatic amines is 1. The first-order valence-corrected chi connectivity index (χ1v) is 11.4. The Labute approximate surface area is 205 Å². The van der Waals surface area contributed by atoms with Gasteiger partial charge in [-0.2, -0.15) is 0 Å². The van der Waals surface area contributed by atoms with Crippen LogP contribution in [-0.4, -0.2) is 56.0 Å². The van der Waals surface area contributed by atoms with Crippen LogP contribution in [0.3, 0.4) is 0 Å². The van der Waals surface area contributed by atoms with Gasteiger partial charge in [-0.05, 0) is 18.9 Å². The van der Waals surface area contributed by atoms with Crippen LogP contribution in [0.25, 0.3) is 0 Å². The van der Waals surface area contributed by atoms with E-state index in [2.05, 4.69) is 20.6 Å². The van der Waals surface area contributed by atoms with E-state index in [4.69, 9.17) is 27.9 Å². The van der Waals surface area contributed by atoms with E-state index < -0.39 is 30.8 Å². The average molecular weight is 509 g/mol. The number of likely N-dealkylation sites (tertiary alicyclic amines) is 1. The summed E-state index contributed by atoms with van der Waals surface area (Å²) in [4.78, 5) is 30.1. The second-order valence-corrected chi connectivity index (χ2v) is 8.75. The Bertz CT molecular complexity index is 1170. The standard InChI is InChI=1S/C22H23Cl2FN6O3/c1-13-18(23)19(24)20(26-13)21(32)27-16-7-8-30(11-17(16)31-10-15(9-25)28-29-31)22(33)34-12-14-5-3-2-4-6-14/h2-6,10,16-17,26H,7-9,11-12H2,1H3,(H,27,32)/t16-,17+/m1/s1. The second-order valence-electron chi connectivity index (χ2n) is 8.00. The molecular weight excluding hydrogens is 486 g/mol. The molecule has 1 fully saturated rings. The summed E-state index contributed by atoms with van der Waals surface area (Å²) >= 11 is 12.3. The highest BCUT2D eigenvalue weighted by molar-refractivity contribution is 6.44. The number of piperidine rings is 1. The number of benzene rings is 1. The first-order chi connectivity index (χ1) is 16.4. The fourth-order valence-electron chi connectivity index (χ4n) is 3.85. The van der Waals surface area contributed by atoms with Gasteiger partial charge in [-0.15, -0.1) is 5.10 Å². The van der Waals surface area contributed by atoms with E-state index in [-0.39, 0.29) is 34.6 Å². The van der Waals surface area contributed by atoms with Crippen molar-refractivity contribution < 1.29 is 18.7 Å². The van der Waals surface area contributed by atoms with Crippen molar-refractivity contribution in [2.24, 2.45) is 0 Å². The minimum atomic E-state index is -0.775. The zero-order valence-corrected chi connectivity index (χ0v) is 19.8. The molecule has 0 saturated carbocycles. The summed E-state index contributed by atoms with van der Waals surface area (Å²) in [5, 5.41) is 11.2. The molecule has 180 valence electrons. The number of nitrogens with one attached hydrogen (secondary N) is 2. The van der Waals surface area contributed by atoms with E-state index in [0.29, 0.717) is 18.7 Å². The molecule has 9 nitrogen and oxygen atoms in total. The topological polar surface area (TPSA) is 105 Å². The molecule has 3 heterocycles. The monoisotopic (exact) mass is 508 g/mol. The average Bonchev–Trinajstić information content (AvgIpc) is 3.44. The quantitative estimate of drug-likeness (QED) is 0.521. The lowest BCUT2D eigenvalue weighted by Gasteiger charge is -2.38. The minimum absolute atomic E-state index is 0.135. The number of hydrogen-bond acceptors (Lipinski definition) is 5. The van der Waals surface area contributed by atoms with Crippen LogP contribution in [-0.2, 0) is 18.0 Å². The highest BCUT2D eigenvalue weighted by atomic mass is 35.5. The van der Waals surface area contributed by atoms with Gasteiger partial charge in [0.1, 0.15) is 24.7 Å². The lowest BCUT2D eigenvalue weighted by atomic mass is 9.99. The number of carbonyl (C=O) groups excluding carboxylic acids is 2. The molecule has 2 N–H and O–H groups in total. The third-order valence-corrected chi connectivity index (χ3v) is 6.62. The summed E-state index contributed by atoms with van der Waals surface area (Å²) in [5.41, 5.74) is 1.75. The van der Waals surface area contributed by atoms with Crippen molar-refractivity contribution >= 4 is 35.2 Å². The maximum absolute atomic E-state index is 13.1. The Morgan fingerprint density at radius 2 is 2.03 bits per heavy atom. The molecule has 4 rings (SSSR count). The molecule has 12 heteroatoms. The first-order valence-electron chi connectivity index (χ1n) is 10.6. The molecule has 0 aliphatic carbocycles. The third kappa shape index (κ3) is 5.18. The Morgan fingerprint density at radius 3 is 2.68 bits per heavy atom. The van der Waals surface area contributed by atoms with Crippen molar-refractivity contribution in [3.05, 3.63) is 69.2 Å². The number of nitrogens with zero attached hydrogens (tertiary/aromatic N) is 4. The smallest absolute Gasteiger partial charge is 0.410 e. The molecule has 0 bridgehead atoms. The van der Waals surface area contributed by atoms with E-state index in [1.165, 1.54) is 15.8 Å². The number of aryl methyl sites for hydroxylation is 1. The first kappa shape index (κ1) is 24.0. The number of alkyl halides is 1. The van der Waals surface area contributed by atoms with E-state index in [1.54, 1.807) is 6.92 Å².